The van der Waals surface area contributed by atoms with Gasteiger partial charge in [-0.3, -0.25) is 0 Å². The fourth-order valence-corrected chi connectivity index (χ4v) is 2.87. The van der Waals surface area contributed by atoms with Gasteiger partial charge in [-0.25, -0.2) is 0 Å². The zero-order chi connectivity index (χ0) is 18.5. The Kier molecular flexibility index (Phi) is 12.7. The SMILES string of the molecule is CCCCOC1C(OCCCC)[C@@H](OCCCC)C(CO)O[C@@H]1OC. The first-order chi connectivity index (χ1) is 12.2. The molecule has 5 atom stereocenters. The summed E-state index contributed by atoms with van der Waals surface area (Å²) in [5, 5.41) is 9.76. The van der Waals surface area contributed by atoms with E-state index in [1.54, 1.807) is 7.11 Å². The maximum absolute atomic E-state index is 9.76. The highest BCUT2D eigenvalue weighted by Gasteiger charge is 2.48. The van der Waals surface area contributed by atoms with Crippen LogP contribution in [0.2, 0.25) is 0 Å². The molecule has 1 N–H and O–H groups in total. The Morgan fingerprint density at radius 1 is 0.760 bits per heavy atom. The number of unbranched alkanes of at least 4 members (excludes halogenated alkanes) is 3. The first-order valence-electron chi connectivity index (χ1n) is 9.87. The number of hydrogen-bond acceptors (Lipinski definition) is 6. The Labute approximate surface area is 153 Å². The van der Waals surface area contributed by atoms with Gasteiger partial charge in [0.15, 0.2) is 6.29 Å². The van der Waals surface area contributed by atoms with E-state index in [-0.39, 0.29) is 24.9 Å². The van der Waals surface area contributed by atoms with Gasteiger partial charge in [-0.1, -0.05) is 40.0 Å². The van der Waals surface area contributed by atoms with Gasteiger partial charge in [0.1, 0.15) is 24.4 Å². The van der Waals surface area contributed by atoms with Gasteiger partial charge in [0.25, 0.3) is 0 Å². The molecule has 0 amide bonds. The lowest BCUT2D eigenvalue weighted by molar-refractivity contribution is -0.316. The summed E-state index contributed by atoms with van der Waals surface area (Å²) in [6.45, 7) is 8.13. The quantitative estimate of drug-likeness (QED) is 0.479. The molecular weight excluding hydrogens is 324 g/mol. The van der Waals surface area contributed by atoms with Crippen LogP contribution in [0.3, 0.4) is 0 Å². The van der Waals surface area contributed by atoms with Crippen molar-refractivity contribution in [3.63, 3.8) is 0 Å². The number of ether oxygens (including phenoxy) is 5. The van der Waals surface area contributed by atoms with E-state index in [4.69, 9.17) is 23.7 Å². The van der Waals surface area contributed by atoms with Crippen molar-refractivity contribution >= 4 is 0 Å². The van der Waals surface area contributed by atoms with Crippen LogP contribution in [0.4, 0.5) is 0 Å². The second-order valence-electron chi connectivity index (χ2n) is 6.53. The van der Waals surface area contributed by atoms with Crippen LogP contribution in [0.25, 0.3) is 0 Å². The fraction of sp³-hybridized carbons (Fsp3) is 1.00. The van der Waals surface area contributed by atoms with E-state index < -0.39 is 12.4 Å². The number of aliphatic hydroxyl groups excluding tert-OH is 1. The molecule has 0 aromatic heterocycles. The van der Waals surface area contributed by atoms with Crippen molar-refractivity contribution in [3.8, 4) is 0 Å². The molecule has 0 saturated carbocycles. The Morgan fingerprint density at radius 2 is 1.24 bits per heavy atom. The third-order valence-electron chi connectivity index (χ3n) is 4.43. The summed E-state index contributed by atoms with van der Waals surface area (Å²) in [6, 6.07) is 0. The van der Waals surface area contributed by atoms with Crippen LogP contribution in [0.1, 0.15) is 59.3 Å². The molecule has 1 rings (SSSR count). The summed E-state index contributed by atoms with van der Waals surface area (Å²) in [4.78, 5) is 0. The minimum Gasteiger partial charge on any atom is -0.394 e. The van der Waals surface area contributed by atoms with Crippen LogP contribution in [0, 0.1) is 0 Å². The second kappa shape index (κ2) is 13.9. The summed E-state index contributed by atoms with van der Waals surface area (Å²) in [5.41, 5.74) is 0. The molecular formula is C19H38O6. The highest BCUT2D eigenvalue weighted by Crippen LogP contribution is 2.29. The Morgan fingerprint density at radius 3 is 1.68 bits per heavy atom. The smallest absolute Gasteiger partial charge is 0.186 e. The molecule has 0 aliphatic carbocycles. The number of hydrogen-bond donors (Lipinski definition) is 1. The minimum atomic E-state index is -0.563. The molecule has 0 bridgehead atoms. The van der Waals surface area contributed by atoms with Gasteiger partial charge in [-0.2, -0.15) is 0 Å². The summed E-state index contributed by atoms with van der Waals surface area (Å²) < 4.78 is 29.7. The minimum absolute atomic E-state index is 0.133. The molecule has 6 nitrogen and oxygen atoms in total. The van der Waals surface area contributed by atoms with Gasteiger partial charge in [0.2, 0.25) is 0 Å². The molecule has 1 fully saturated rings. The largest absolute Gasteiger partial charge is 0.394 e. The lowest BCUT2D eigenvalue weighted by atomic mass is 9.98. The third kappa shape index (κ3) is 7.49. The summed E-state index contributed by atoms with van der Waals surface area (Å²) in [5.74, 6) is 0. The van der Waals surface area contributed by atoms with Crippen molar-refractivity contribution in [1.29, 1.82) is 0 Å². The highest BCUT2D eigenvalue weighted by atomic mass is 16.7. The summed E-state index contributed by atoms with van der Waals surface area (Å²) in [7, 11) is 1.59. The van der Waals surface area contributed by atoms with Crippen LogP contribution in [0.5, 0.6) is 0 Å². The maximum atomic E-state index is 9.76. The van der Waals surface area contributed by atoms with Crippen molar-refractivity contribution in [1.82, 2.24) is 0 Å². The monoisotopic (exact) mass is 362 g/mol. The molecule has 3 unspecified atom stereocenters. The molecule has 0 aromatic carbocycles. The van der Waals surface area contributed by atoms with Crippen molar-refractivity contribution in [2.45, 2.75) is 90.0 Å². The average Bonchev–Trinajstić information content (AvgIpc) is 2.63. The first-order valence-corrected chi connectivity index (χ1v) is 9.87. The zero-order valence-electron chi connectivity index (χ0n) is 16.4. The molecule has 0 spiro atoms. The van der Waals surface area contributed by atoms with Gasteiger partial charge < -0.3 is 28.8 Å². The van der Waals surface area contributed by atoms with Crippen LogP contribution >= 0.6 is 0 Å². The predicted molar refractivity (Wildman–Crippen MR) is 96.7 cm³/mol. The molecule has 1 aliphatic heterocycles. The molecule has 0 radical (unpaired) electrons. The van der Waals surface area contributed by atoms with E-state index in [1.165, 1.54) is 0 Å². The number of aliphatic hydroxyl groups is 1. The average molecular weight is 363 g/mol. The first kappa shape index (κ1) is 22.8. The lowest BCUT2D eigenvalue weighted by Crippen LogP contribution is -2.61. The van der Waals surface area contributed by atoms with E-state index in [0.717, 1.165) is 38.5 Å². The van der Waals surface area contributed by atoms with E-state index in [0.29, 0.717) is 19.8 Å². The Balaban J connectivity index is 2.87. The van der Waals surface area contributed by atoms with Gasteiger partial charge in [-0.15, -0.1) is 0 Å². The van der Waals surface area contributed by atoms with Crippen molar-refractivity contribution in [2.24, 2.45) is 0 Å². The standard InChI is InChI=1S/C19H38O6/c1-5-8-11-22-16-15(14-20)25-19(21-4)18(24-13-10-7-3)17(16)23-12-9-6-2/h15-20H,5-14H2,1-4H3/t15?,16-,17?,18?,19-/m0/s1. The van der Waals surface area contributed by atoms with E-state index >= 15 is 0 Å². The molecule has 1 saturated heterocycles. The lowest BCUT2D eigenvalue weighted by Gasteiger charge is -2.45. The van der Waals surface area contributed by atoms with Crippen LogP contribution < -0.4 is 0 Å². The predicted octanol–water partition coefficient (Wildman–Crippen LogP) is 2.91. The van der Waals surface area contributed by atoms with Crippen molar-refractivity contribution in [3.05, 3.63) is 0 Å². The summed E-state index contributed by atoms with van der Waals surface area (Å²) >= 11 is 0. The van der Waals surface area contributed by atoms with Crippen LogP contribution in [0.15, 0.2) is 0 Å². The van der Waals surface area contributed by atoms with Gasteiger partial charge >= 0.3 is 0 Å². The van der Waals surface area contributed by atoms with Gasteiger partial charge in [0, 0.05) is 26.9 Å². The Hall–Kier alpha value is -0.240. The highest BCUT2D eigenvalue weighted by molar-refractivity contribution is 4.92. The van der Waals surface area contributed by atoms with Crippen molar-refractivity contribution in [2.75, 3.05) is 33.5 Å². The molecule has 150 valence electrons. The van der Waals surface area contributed by atoms with E-state index in [1.807, 2.05) is 0 Å². The third-order valence-corrected chi connectivity index (χ3v) is 4.43. The van der Waals surface area contributed by atoms with Crippen molar-refractivity contribution < 1.29 is 28.8 Å². The second-order valence-corrected chi connectivity index (χ2v) is 6.53. The van der Waals surface area contributed by atoms with Crippen LogP contribution in [-0.2, 0) is 23.7 Å². The molecule has 0 aromatic rings. The normalized spacial score (nSPS) is 29.9. The topological polar surface area (TPSA) is 66.4 Å². The summed E-state index contributed by atoms with van der Waals surface area (Å²) in [6.07, 6.45) is 4.02. The molecule has 6 heteroatoms. The van der Waals surface area contributed by atoms with E-state index in [2.05, 4.69) is 20.8 Å². The number of rotatable bonds is 14. The molecule has 1 heterocycles. The molecule has 25 heavy (non-hydrogen) atoms. The number of methoxy groups -OCH3 is 1. The van der Waals surface area contributed by atoms with E-state index in [9.17, 15) is 5.11 Å². The van der Waals surface area contributed by atoms with Gasteiger partial charge in [0.05, 0.1) is 6.61 Å². The fourth-order valence-electron chi connectivity index (χ4n) is 2.87. The van der Waals surface area contributed by atoms with Gasteiger partial charge in [-0.05, 0) is 19.3 Å². The molecule has 1 aliphatic rings. The van der Waals surface area contributed by atoms with Crippen LogP contribution in [-0.4, -0.2) is 69.3 Å². The Bertz CT molecular complexity index is 290. The zero-order valence-corrected chi connectivity index (χ0v) is 16.4. The maximum Gasteiger partial charge on any atom is 0.186 e.